The van der Waals surface area contributed by atoms with E-state index < -0.39 is 0 Å². The number of rotatable bonds is 0. The summed E-state index contributed by atoms with van der Waals surface area (Å²) in [5, 5.41) is 1.05. The number of aromatic nitrogens is 4. The highest BCUT2D eigenvalue weighted by Crippen LogP contribution is 2.22. The third-order valence-corrected chi connectivity index (χ3v) is 2.41. The van der Waals surface area contributed by atoms with Crippen LogP contribution in [0.2, 0.25) is 0 Å². The monoisotopic (exact) mass is 184 g/mol. The van der Waals surface area contributed by atoms with Crippen LogP contribution < -0.4 is 0 Å². The topological polar surface area (TPSA) is 43.6 Å². The molecule has 0 aliphatic heterocycles. The molecule has 0 fully saturated rings. The fraction of sp³-hybridized carbons (Fsp3) is 0.100. The van der Waals surface area contributed by atoms with Gasteiger partial charge >= 0.3 is 0 Å². The van der Waals surface area contributed by atoms with Gasteiger partial charge in [0.1, 0.15) is 5.52 Å². The number of hydrogen-bond acceptors (Lipinski definition) is 3. The van der Waals surface area contributed by atoms with Crippen molar-refractivity contribution in [2.24, 2.45) is 7.05 Å². The molecule has 0 unspecified atom stereocenters. The normalized spacial score (nSPS) is 11.2. The molecule has 0 amide bonds. The van der Waals surface area contributed by atoms with Crippen molar-refractivity contribution in [2.75, 3.05) is 0 Å². The minimum Gasteiger partial charge on any atom is -0.327 e. The summed E-state index contributed by atoms with van der Waals surface area (Å²) in [5.41, 5.74) is 2.93. The van der Waals surface area contributed by atoms with Crippen molar-refractivity contribution < 1.29 is 0 Å². The predicted octanol–water partition coefficient (Wildman–Crippen LogP) is 1.52. The summed E-state index contributed by atoms with van der Waals surface area (Å²) in [6.07, 6.45) is 7.01. The van der Waals surface area contributed by atoms with E-state index in [1.807, 2.05) is 23.9 Å². The molecular weight excluding hydrogens is 176 g/mol. The van der Waals surface area contributed by atoms with Gasteiger partial charge < -0.3 is 4.57 Å². The van der Waals surface area contributed by atoms with Crippen LogP contribution >= 0.6 is 0 Å². The summed E-state index contributed by atoms with van der Waals surface area (Å²) in [4.78, 5) is 12.7. The molecule has 3 aromatic rings. The van der Waals surface area contributed by atoms with E-state index in [0.29, 0.717) is 0 Å². The first-order valence-corrected chi connectivity index (χ1v) is 4.37. The molecule has 4 heteroatoms. The maximum Gasteiger partial charge on any atom is 0.159 e. The van der Waals surface area contributed by atoms with Crippen LogP contribution in [-0.4, -0.2) is 19.5 Å². The minimum absolute atomic E-state index is 0.899. The highest BCUT2D eigenvalue weighted by atomic mass is 15.0. The molecule has 0 saturated carbocycles. The van der Waals surface area contributed by atoms with Crippen molar-refractivity contribution in [3.8, 4) is 0 Å². The van der Waals surface area contributed by atoms with Crippen LogP contribution in [0.25, 0.3) is 22.1 Å². The van der Waals surface area contributed by atoms with Crippen LogP contribution in [0.1, 0.15) is 0 Å². The van der Waals surface area contributed by atoms with Crippen LogP contribution in [0.3, 0.4) is 0 Å². The van der Waals surface area contributed by atoms with Crippen molar-refractivity contribution >= 4 is 22.1 Å². The zero-order chi connectivity index (χ0) is 9.54. The summed E-state index contributed by atoms with van der Waals surface area (Å²) in [7, 11) is 1.99. The van der Waals surface area contributed by atoms with E-state index in [1.165, 1.54) is 0 Å². The summed E-state index contributed by atoms with van der Waals surface area (Å²) < 4.78 is 2.03. The minimum atomic E-state index is 0.899. The first-order chi connectivity index (χ1) is 6.88. The Labute approximate surface area is 80.2 Å². The third-order valence-electron chi connectivity index (χ3n) is 2.41. The third kappa shape index (κ3) is 0.797. The van der Waals surface area contributed by atoms with Crippen LogP contribution in [-0.2, 0) is 7.05 Å². The van der Waals surface area contributed by atoms with Gasteiger partial charge in [0, 0.05) is 37.2 Å². The molecule has 3 heterocycles. The molecule has 3 rings (SSSR count). The van der Waals surface area contributed by atoms with E-state index in [0.717, 1.165) is 22.1 Å². The lowest BCUT2D eigenvalue weighted by molar-refractivity contribution is 0.984. The zero-order valence-electron chi connectivity index (χ0n) is 7.68. The Morgan fingerprint density at radius 1 is 1.14 bits per heavy atom. The van der Waals surface area contributed by atoms with Gasteiger partial charge in [0.15, 0.2) is 5.65 Å². The Morgan fingerprint density at radius 2 is 2.00 bits per heavy atom. The fourth-order valence-corrected chi connectivity index (χ4v) is 1.74. The molecule has 0 aliphatic rings. The molecule has 0 bridgehead atoms. The molecule has 0 aliphatic carbocycles. The van der Waals surface area contributed by atoms with Crippen molar-refractivity contribution in [1.82, 2.24) is 19.5 Å². The first-order valence-electron chi connectivity index (χ1n) is 4.37. The van der Waals surface area contributed by atoms with Crippen molar-refractivity contribution in [3.05, 3.63) is 30.9 Å². The van der Waals surface area contributed by atoms with Gasteiger partial charge in [-0.1, -0.05) is 0 Å². The highest BCUT2D eigenvalue weighted by molar-refractivity contribution is 6.03. The summed E-state index contributed by atoms with van der Waals surface area (Å²) in [6.45, 7) is 0. The van der Waals surface area contributed by atoms with Crippen molar-refractivity contribution in [3.63, 3.8) is 0 Å². The summed E-state index contributed by atoms with van der Waals surface area (Å²) >= 11 is 0. The van der Waals surface area contributed by atoms with Gasteiger partial charge in [-0.25, -0.2) is 4.98 Å². The fourth-order valence-electron chi connectivity index (χ4n) is 1.74. The summed E-state index contributed by atoms with van der Waals surface area (Å²) in [6, 6.07) is 1.97. The second-order valence-electron chi connectivity index (χ2n) is 3.18. The molecule has 0 atom stereocenters. The van der Waals surface area contributed by atoms with Gasteiger partial charge in [0.25, 0.3) is 0 Å². The van der Waals surface area contributed by atoms with Crippen LogP contribution in [0, 0.1) is 0 Å². The van der Waals surface area contributed by atoms with Crippen LogP contribution in [0.5, 0.6) is 0 Å². The highest BCUT2D eigenvalue weighted by Gasteiger charge is 2.08. The zero-order valence-corrected chi connectivity index (χ0v) is 7.68. The van der Waals surface area contributed by atoms with Crippen molar-refractivity contribution in [1.29, 1.82) is 0 Å². The molecule has 0 N–H and O–H groups in total. The standard InChI is InChI=1S/C10H8N4/c1-14-8-2-3-11-6-7(8)9-10(14)13-5-4-12-9/h2-6H,1H3. The number of pyridine rings is 1. The average molecular weight is 184 g/mol. The largest absolute Gasteiger partial charge is 0.327 e. The average Bonchev–Trinajstić information content (AvgIpc) is 2.55. The quantitative estimate of drug-likeness (QED) is 0.532. The second kappa shape index (κ2) is 2.51. The van der Waals surface area contributed by atoms with Gasteiger partial charge in [-0.05, 0) is 6.07 Å². The smallest absolute Gasteiger partial charge is 0.159 e. The van der Waals surface area contributed by atoms with E-state index >= 15 is 0 Å². The molecule has 0 saturated heterocycles. The van der Waals surface area contributed by atoms with E-state index in [-0.39, 0.29) is 0 Å². The van der Waals surface area contributed by atoms with Crippen LogP contribution in [0.15, 0.2) is 30.9 Å². The molecular formula is C10H8N4. The Hall–Kier alpha value is -1.97. The van der Waals surface area contributed by atoms with E-state index in [9.17, 15) is 0 Å². The molecule has 0 aromatic carbocycles. The van der Waals surface area contributed by atoms with Gasteiger partial charge in [0.2, 0.25) is 0 Å². The Kier molecular flexibility index (Phi) is 1.33. The van der Waals surface area contributed by atoms with Gasteiger partial charge in [-0.15, -0.1) is 0 Å². The molecule has 3 aromatic heterocycles. The molecule has 0 radical (unpaired) electrons. The first kappa shape index (κ1) is 7.44. The maximum atomic E-state index is 4.31. The van der Waals surface area contributed by atoms with Gasteiger partial charge in [-0.2, -0.15) is 0 Å². The number of aryl methyl sites for hydroxylation is 1. The summed E-state index contributed by atoms with van der Waals surface area (Å²) in [5.74, 6) is 0. The number of fused-ring (bicyclic) bond motifs is 3. The van der Waals surface area contributed by atoms with Crippen LogP contribution in [0.4, 0.5) is 0 Å². The SMILES string of the molecule is Cn1c2ccncc2c2nccnc21. The predicted molar refractivity (Wildman–Crippen MR) is 53.8 cm³/mol. The Morgan fingerprint density at radius 3 is 2.93 bits per heavy atom. The van der Waals surface area contributed by atoms with E-state index in [1.54, 1.807) is 18.6 Å². The van der Waals surface area contributed by atoms with Gasteiger partial charge in [-0.3, -0.25) is 9.97 Å². The maximum absolute atomic E-state index is 4.31. The Balaban J connectivity index is 2.69. The number of hydrogen-bond donors (Lipinski definition) is 0. The van der Waals surface area contributed by atoms with E-state index in [2.05, 4.69) is 15.0 Å². The Bertz CT molecular complexity index is 558. The van der Waals surface area contributed by atoms with Crippen molar-refractivity contribution in [2.45, 2.75) is 0 Å². The van der Waals surface area contributed by atoms with E-state index in [4.69, 9.17) is 0 Å². The number of nitrogens with zero attached hydrogens (tertiary/aromatic N) is 4. The molecule has 0 spiro atoms. The molecule has 68 valence electrons. The second-order valence-corrected chi connectivity index (χ2v) is 3.18. The molecule has 4 nitrogen and oxygen atoms in total. The lowest BCUT2D eigenvalue weighted by Gasteiger charge is -1.93. The lowest BCUT2D eigenvalue weighted by Crippen LogP contribution is -1.88. The van der Waals surface area contributed by atoms with Gasteiger partial charge in [0.05, 0.1) is 5.52 Å². The molecule has 14 heavy (non-hydrogen) atoms. The lowest BCUT2D eigenvalue weighted by atomic mass is 10.3.